The lowest BCUT2D eigenvalue weighted by atomic mass is 10.1. The number of carboxylic acids is 1. The van der Waals surface area contributed by atoms with Crippen LogP contribution in [0.4, 0.5) is 5.69 Å². The van der Waals surface area contributed by atoms with E-state index in [1.54, 1.807) is 6.92 Å². The van der Waals surface area contributed by atoms with Gasteiger partial charge in [-0.05, 0) is 13.0 Å². The van der Waals surface area contributed by atoms with E-state index in [0.29, 0.717) is 0 Å². The third-order valence-electron chi connectivity index (χ3n) is 2.31. The van der Waals surface area contributed by atoms with E-state index in [-0.39, 0.29) is 23.6 Å². The molecule has 1 heterocycles. The summed E-state index contributed by atoms with van der Waals surface area (Å²) < 4.78 is 4.54. The minimum Gasteiger partial charge on any atom is -0.476 e. The number of carbonyl (C=O) groups is 2. The Morgan fingerprint density at radius 1 is 1.47 bits per heavy atom. The van der Waals surface area contributed by atoms with Crippen molar-refractivity contribution < 1.29 is 29.6 Å². The van der Waals surface area contributed by atoms with E-state index in [9.17, 15) is 19.8 Å². The molecule has 0 saturated carbocycles. The minimum atomic E-state index is -1.79. The maximum absolute atomic E-state index is 11.2. The molecular weight excluding hydrogens is 256 g/mol. The zero-order valence-corrected chi connectivity index (χ0v) is 10.1. The lowest BCUT2D eigenvalue weighted by Crippen LogP contribution is -2.30. The van der Waals surface area contributed by atoms with Crippen molar-refractivity contribution in [3.63, 3.8) is 0 Å². The summed E-state index contributed by atoms with van der Waals surface area (Å²) in [6.45, 7) is 1.61. The highest BCUT2D eigenvalue weighted by atomic mass is 16.5. The summed E-state index contributed by atoms with van der Waals surface area (Å²) in [7, 11) is 0. The first kappa shape index (κ1) is 14.9. The van der Waals surface area contributed by atoms with Gasteiger partial charge in [-0.3, -0.25) is 0 Å². The zero-order valence-electron chi connectivity index (χ0n) is 10.1. The van der Waals surface area contributed by atoms with Crippen molar-refractivity contribution in [1.82, 2.24) is 4.98 Å². The van der Waals surface area contributed by atoms with Crippen molar-refractivity contribution >= 4 is 17.6 Å². The van der Waals surface area contributed by atoms with Crippen LogP contribution < -0.4 is 5.73 Å². The number of aromatic nitrogens is 1. The standard InChI is InChI=1S/C11H14N2O6/c1-2-19-11(18)9(15)8(14)5-3-6(12)7(10(16)17)13-4-5/h3-4,8-9,14-15H,2,12H2,1H3,(H,16,17). The topological polar surface area (TPSA) is 143 Å². The fraction of sp³-hybridized carbons (Fsp3) is 0.364. The first-order chi connectivity index (χ1) is 8.88. The van der Waals surface area contributed by atoms with Crippen LogP contribution in [0.15, 0.2) is 12.3 Å². The molecule has 0 aliphatic heterocycles. The number of anilines is 1. The summed E-state index contributed by atoms with van der Waals surface area (Å²) in [5.74, 6) is -2.31. The molecule has 0 amide bonds. The molecule has 0 saturated heterocycles. The first-order valence-corrected chi connectivity index (χ1v) is 5.40. The maximum atomic E-state index is 11.2. The smallest absolute Gasteiger partial charge is 0.356 e. The van der Waals surface area contributed by atoms with Gasteiger partial charge in [0.25, 0.3) is 0 Å². The largest absolute Gasteiger partial charge is 0.476 e. The Labute approximate surface area is 108 Å². The predicted octanol–water partition coefficient (Wildman–Crippen LogP) is -0.681. The highest BCUT2D eigenvalue weighted by Gasteiger charge is 2.28. The molecule has 104 valence electrons. The number of carboxylic acid groups (broad SMARTS) is 1. The normalized spacial score (nSPS) is 13.6. The number of pyridine rings is 1. The second-order valence-corrected chi connectivity index (χ2v) is 3.65. The minimum absolute atomic E-state index is 0.0167. The molecule has 0 radical (unpaired) electrons. The summed E-state index contributed by atoms with van der Waals surface area (Å²) in [6, 6.07) is 1.13. The van der Waals surface area contributed by atoms with Crippen LogP contribution >= 0.6 is 0 Å². The number of aromatic carboxylic acids is 1. The number of rotatable bonds is 5. The number of aliphatic hydroxyl groups excluding tert-OH is 2. The number of nitrogen functional groups attached to an aromatic ring is 1. The number of nitrogens with zero attached hydrogens (tertiary/aromatic N) is 1. The SMILES string of the molecule is CCOC(=O)C(O)C(O)c1cnc(C(=O)O)c(N)c1. The number of aliphatic hydroxyl groups is 2. The molecule has 0 aliphatic rings. The first-order valence-electron chi connectivity index (χ1n) is 5.40. The van der Waals surface area contributed by atoms with E-state index in [2.05, 4.69) is 9.72 Å². The molecule has 2 atom stereocenters. The maximum Gasteiger partial charge on any atom is 0.356 e. The molecule has 1 aromatic rings. The predicted molar refractivity (Wildman–Crippen MR) is 63.2 cm³/mol. The van der Waals surface area contributed by atoms with Gasteiger partial charge in [-0.25, -0.2) is 14.6 Å². The summed E-state index contributed by atoms with van der Waals surface area (Å²) in [6.07, 6.45) is -2.37. The van der Waals surface area contributed by atoms with E-state index in [0.717, 1.165) is 12.3 Å². The molecule has 1 aromatic heterocycles. The van der Waals surface area contributed by atoms with Gasteiger partial charge in [0.1, 0.15) is 6.10 Å². The monoisotopic (exact) mass is 270 g/mol. The van der Waals surface area contributed by atoms with Crippen LogP contribution in [0.25, 0.3) is 0 Å². The van der Waals surface area contributed by atoms with Gasteiger partial charge in [-0.2, -0.15) is 0 Å². The summed E-state index contributed by atoms with van der Waals surface area (Å²) >= 11 is 0. The Bertz CT molecular complexity index is 490. The van der Waals surface area contributed by atoms with Crippen molar-refractivity contribution in [2.24, 2.45) is 0 Å². The highest BCUT2D eigenvalue weighted by Crippen LogP contribution is 2.21. The van der Waals surface area contributed by atoms with Gasteiger partial charge >= 0.3 is 11.9 Å². The molecule has 5 N–H and O–H groups in total. The second-order valence-electron chi connectivity index (χ2n) is 3.65. The molecule has 0 aromatic carbocycles. The number of esters is 1. The van der Waals surface area contributed by atoms with Crippen LogP contribution in [-0.2, 0) is 9.53 Å². The lowest BCUT2D eigenvalue weighted by Gasteiger charge is -2.17. The van der Waals surface area contributed by atoms with E-state index >= 15 is 0 Å². The lowest BCUT2D eigenvalue weighted by molar-refractivity contribution is -0.159. The summed E-state index contributed by atoms with van der Waals surface area (Å²) in [5, 5.41) is 28.0. The molecule has 1 rings (SSSR count). The third-order valence-corrected chi connectivity index (χ3v) is 2.31. The summed E-state index contributed by atoms with van der Waals surface area (Å²) in [4.78, 5) is 25.5. The van der Waals surface area contributed by atoms with Crippen LogP contribution in [0.3, 0.4) is 0 Å². The fourth-order valence-corrected chi connectivity index (χ4v) is 1.38. The second kappa shape index (κ2) is 6.12. The Morgan fingerprint density at radius 2 is 2.11 bits per heavy atom. The highest BCUT2D eigenvalue weighted by molar-refractivity contribution is 5.91. The Morgan fingerprint density at radius 3 is 2.58 bits per heavy atom. The number of ether oxygens (including phenoxy) is 1. The molecule has 8 heteroatoms. The quantitative estimate of drug-likeness (QED) is 0.515. The van der Waals surface area contributed by atoms with Crippen molar-refractivity contribution in [1.29, 1.82) is 0 Å². The van der Waals surface area contributed by atoms with Crippen molar-refractivity contribution in [3.8, 4) is 0 Å². The molecule has 8 nitrogen and oxygen atoms in total. The average molecular weight is 270 g/mol. The van der Waals surface area contributed by atoms with E-state index in [1.807, 2.05) is 0 Å². The van der Waals surface area contributed by atoms with Crippen molar-refractivity contribution in [3.05, 3.63) is 23.5 Å². The Balaban J connectivity index is 2.94. The van der Waals surface area contributed by atoms with E-state index < -0.39 is 24.1 Å². The van der Waals surface area contributed by atoms with Crippen LogP contribution in [0.5, 0.6) is 0 Å². The number of hydrogen-bond donors (Lipinski definition) is 4. The van der Waals surface area contributed by atoms with Crippen LogP contribution in [0.2, 0.25) is 0 Å². The number of nitrogens with two attached hydrogens (primary N) is 1. The summed E-state index contributed by atoms with van der Waals surface area (Å²) in [5.41, 5.74) is 4.91. The van der Waals surface area contributed by atoms with Crippen LogP contribution in [0, 0.1) is 0 Å². The zero-order chi connectivity index (χ0) is 14.6. The van der Waals surface area contributed by atoms with E-state index in [1.165, 1.54) is 0 Å². The molecule has 19 heavy (non-hydrogen) atoms. The van der Waals surface area contributed by atoms with Gasteiger partial charge in [0, 0.05) is 11.8 Å². The third kappa shape index (κ3) is 3.39. The van der Waals surface area contributed by atoms with Gasteiger partial charge in [0.15, 0.2) is 11.8 Å². The molecule has 0 bridgehead atoms. The molecular formula is C11H14N2O6. The number of carbonyl (C=O) groups excluding carboxylic acids is 1. The van der Waals surface area contributed by atoms with Gasteiger partial charge in [-0.1, -0.05) is 0 Å². The van der Waals surface area contributed by atoms with Gasteiger partial charge in [-0.15, -0.1) is 0 Å². The number of hydrogen-bond acceptors (Lipinski definition) is 7. The van der Waals surface area contributed by atoms with Crippen molar-refractivity contribution in [2.75, 3.05) is 12.3 Å². The van der Waals surface area contributed by atoms with Gasteiger partial charge in [0.05, 0.1) is 12.3 Å². The van der Waals surface area contributed by atoms with E-state index in [4.69, 9.17) is 10.8 Å². The fourth-order valence-electron chi connectivity index (χ4n) is 1.38. The van der Waals surface area contributed by atoms with Crippen LogP contribution in [0.1, 0.15) is 29.1 Å². The Kier molecular flexibility index (Phi) is 4.79. The van der Waals surface area contributed by atoms with Gasteiger partial charge in [0.2, 0.25) is 0 Å². The molecule has 0 fully saturated rings. The van der Waals surface area contributed by atoms with Crippen LogP contribution in [-0.4, -0.2) is 45.0 Å². The Hall–Kier alpha value is -2.19. The van der Waals surface area contributed by atoms with Gasteiger partial charge < -0.3 is 25.8 Å². The van der Waals surface area contributed by atoms with Crippen molar-refractivity contribution in [2.45, 2.75) is 19.1 Å². The molecule has 0 spiro atoms. The molecule has 2 unspecified atom stereocenters. The molecule has 0 aliphatic carbocycles. The average Bonchev–Trinajstić information content (AvgIpc) is 2.36.